The van der Waals surface area contributed by atoms with Crippen LogP contribution in [0.4, 0.5) is 4.39 Å². The number of carboxylic acids is 1. The van der Waals surface area contributed by atoms with Gasteiger partial charge in [0.05, 0.1) is 12.8 Å². The number of carbonyl (C=O) groups is 1. The van der Waals surface area contributed by atoms with Crippen molar-refractivity contribution in [3.8, 4) is 17.2 Å². The number of hydrogen-bond donors (Lipinski definition) is 1. The number of pyridine rings is 1. The van der Waals surface area contributed by atoms with E-state index in [4.69, 9.17) is 14.6 Å². The van der Waals surface area contributed by atoms with Crippen LogP contribution in [0.15, 0.2) is 36.5 Å². The molecule has 0 radical (unpaired) electrons. The Hall–Kier alpha value is -2.63. The van der Waals surface area contributed by atoms with Gasteiger partial charge in [-0.1, -0.05) is 0 Å². The van der Waals surface area contributed by atoms with Crippen molar-refractivity contribution in [1.29, 1.82) is 0 Å². The summed E-state index contributed by atoms with van der Waals surface area (Å²) in [4.78, 5) is 14.6. The molecular weight excluding hydrogens is 265 g/mol. The zero-order valence-electron chi connectivity index (χ0n) is 10.7. The number of ether oxygens (including phenoxy) is 2. The molecule has 0 aliphatic carbocycles. The second-order valence-corrected chi connectivity index (χ2v) is 3.81. The summed E-state index contributed by atoms with van der Waals surface area (Å²) in [5, 5.41) is 8.89. The van der Waals surface area contributed by atoms with Gasteiger partial charge in [0.15, 0.2) is 17.2 Å². The van der Waals surface area contributed by atoms with Crippen LogP contribution in [0, 0.1) is 5.82 Å². The van der Waals surface area contributed by atoms with Crippen LogP contribution in [0.1, 0.15) is 17.4 Å². The van der Waals surface area contributed by atoms with Gasteiger partial charge in [-0.05, 0) is 31.2 Å². The minimum absolute atomic E-state index is 0.139. The molecule has 0 bridgehead atoms. The van der Waals surface area contributed by atoms with Gasteiger partial charge in [-0.15, -0.1) is 0 Å². The highest BCUT2D eigenvalue weighted by Crippen LogP contribution is 2.31. The third-order valence-corrected chi connectivity index (χ3v) is 2.39. The first-order valence-electron chi connectivity index (χ1n) is 5.89. The number of aromatic carboxylic acids is 1. The maximum absolute atomic E-state index is 12.8. The fourth-order valence-corrected chi connectivity index (χ4v) is 1.52. The Kier molecular flexibility index (Phi) is 4.14. The first-order valence-corrected chi connectivity index (χ1v) is 5.89. The lowest BCUT2D eigenvalue weighted by molar-refractivity contribution is 0.0690. The van der Waals surface area contributed by atoms with Gasteiger partial charge in [0.2, 0.25) is 0 Å². The quantitative estimate of drug-likeness (QED) is 0.909. The standard InChI is InChI=1S/C14H12FNO4/c1-2-19-12-7-11(14(17)18)16-8-13(12)20-10-5-3-9(15)4-6-10/h3-8H,2H2,1H3,(H,17,18). The first kappa shape index (κ1) is 13.8. The van der Waals surface area contributed by atoms with E-state index in [1.807, 2.05) is 0 Å². The summed E-state index contributed by atoms with van der Waals surface area (Å²) in [6.07, 6.45) is 1.26. The zero-order valence-corrected chi connectivity index (χ0v) is 10.7. The third kappa shape index (κ3) is 3.23. The number of halogens is 1. The molecule has 0 unspecified atom stereocenters. The van der Waals surface area contributed by atoms with Gasteiger partial charge in [-0.3, -0.25) is 0 Å². The molecular formula is C14H12FNO4. The molecule has 1 aromatic heterocycles. The molecule has 0 spiro atoms. The maximum atomic E-state index is 12.8. The molecule has 104 valence electrons. The molecule has 1 N–H and O–H groups in total. The van der Waals surface area contributed by atoms with Gasteiger partial charge >= 0.3 is 5.97 Å². The summed E-state index contributed by atoms with van der Waals surface area (Å²) in [5.74, 6) is -0.592. The Balaban J connectivity index is 2.30. The fourth-order valence-electron chi connectivity index (χ4n) is 1.52. The van der Waals surface area contributed by atoms with Crippen molar-refractivity contribution in [2.24, 2.45) is 0 Å². The van der Waals surface area contributed by atoms with E-state index in [-0.39, 0.29) is 23.0 Å². The molecule has 0 aliphatic heterocycles. The van der Waals surface area contributed by atoms with Gasteiger partial charge < -0.3 is 14.6 Å². The minimum atomic E-state index is -1.15. The van der Waals surface area contributed by atoms with E-state index in [2.05, 4.69) is 4.98 Å². The van der Waals surface area contributed by atoms with E-state index >= 15 is 0 Å². The Labute approximate surface area is 114 Å². The number of hydrogen-bond acceptors (Lipinski definition) is 4. The summed E-state index contributed by atoms with van der Waals surface area (Å²) in [7, 11) is 0. The number of carboxylic acid groups (broad SMARTS) is 1. The molecule has 0 saturated heterocycles. The SMILES string of the molecule is CCOc1cc(C(=O)O)ncc1Oc1ccc(F)cc1. The highest BCUT2D eigenvalue weighted by molar-refractivity contribution is 5.86. The van der Waals surface area contributed by atoms with Gasteiger partial charge in [-0.25, -0.2) is 14.2 Å². The van der Waals surface area contributed by atoms with E-state index in [9.17, 15) is 9.18 Å². The molecule has 6 heteroatoms. The van der Waals surface area contributed by atoms with Crippen molar-refractivity contribution in [1.82, 2.24) is 4.98 Å². The van der Waals surface area contributed by atoms with Crippen molar-refractivity contribution in [2.75, 3.05) is 6.61 Å². The van der Waals surface area contributed by atoms with Crippen LogP contribution in [-0.4, -0.2) is 22.7 Å². The van der Waals surface area contributed by atoms with Crippen LogP contribution in [0.5, 0.6) is 17.2 Å². The highest BCUT2D eigenvalue weighted by Gasteiger charge is 2.12. The Bertz CT molecular complexity index is 613. The minimum Gasteiger partial charge on any atom is -0.490 e. The molecule has 0 aliphatic rings. The van der Waals surface area contributed by atoms with Gasteiger partial charge in [0.1, 0.15) is 11.6 Å². The van der Waals surface area contributed by atoms with E-state index in [1.54, 1.807) is 6.92 Å². The van der Waals surface area contributed by atoms with Crippen LogP contribution < -0.4 is 9.47 Å². The van der Waals surface area contributed by atoms with Crippen molar-refractivity contribution in [2.45, 2.75) is 6.92 Å². The smallest absolute Gasteiger partial charge is 0.354 e. The fraction of sp³-hybridized carbons (Fsp3) is 0.143. The molecule has 5 nitrogen and oxygen atoms in total. The first-order chi connectivity index (χ1) is 9.60. The summed E-state index contributed by atoms with van der Waals surface area (Å²) in [6, 6.07) is 6.71. The molecule has 2 rings (SSSR count). The predicted molar refractivity (Wildman–Crippen MR) is 68.8 cm³/mol. The third-order valence-electron chi connectivity index (χ3n) is 2.39. The van der Waals surface area contributed by atoms with Crippen LogP contribution >= 0.6 is 0 Å². The summed E-state index contributed by atoms with van der Waals surface area (Å²) < 4.78 is 23.6. The van der Waals surface area contributed by atoms with Gasteiger partial charge in [0, 0.05) is 6.07 Å². The molecule has 1 aromatic carbocycles. The van der Waals surface area contributed by atoms with E-state index in [0.717, 1.165) is 0 Å². The average molecular weight is 277 g/mol. The average Bonchev–Trinajstić information content (AvgIpc) is 2.43. The summed E-state index contributed by atoms with van der Waals surface area (Å²) in [5.41, 5.74) is -0.139. The van der Waals surface area contributed by atoms with Gasteiger partial charge in [0.25, 0.3) is 0 Å². The topological polar surface area (TPSA) is 68.7 Å². The van der Waals surface area contributed by atoms with E-state index in [1.165, 1.54) is 36.5 Å². The Morgan fingerprint density at radius 1 is 1.30 bits per heavy atom. The Morgan fingerprint density at radius 3 is 2.60 bits per heavy atom. The second-order valence-electron chi connectivity index (χ2n) is 3.81. The van der Waals surface area contributed by atoms with E-state index in [0.29, 0.717) is 12.4 Å². The molecule has 0 amide bonds. The summed E-state index contributed by atoms with van der Waals surface area (Å²) >= 11 is 0. The molecule has 20 heavy (non-hydrogen) atoms. The lowest BCUT2D eigenvalue weighted by Gasteiger charge is -2.11. The molecule has 0 fully saturated rings. The second kappa shape index (κ2) is 6.01. The lowest BCUT2D eigenvalue weighted by Crippen LogP contribution is -2.03. The largest absolute Gasteiger partial charge is 0.490 e. The molecule has 2 aromatic rings. The number of aromatic nitrogens is 1. The monoisotopic (exact) mass is 277 g/mol. The number of benzene rings is 1. The van der Waals surface area contributed by atoms with Crippen molar-refractivity contribution in [3.63, 3.8) is 0 Å². The highest BCUT2D eigenvalue weighted by atomic mass is 19.1. The molecule has 0 saturated carbocycles. The van der Waals surface area contributed by atoms with Crippen molar-refractivity contribution in [3.05, 3.63) is 48.0 Å². The van der Waals surface area contributed by atoms with Crippen molar-refractivity contribution >= 4 is 5.97 Å². The number of nitrogens with zero attached hydrogens (tertiary/aromatic N) is 1. The van der Waals surface area contributed by atoms with Crippen LogP contribution in [0.25, 0.3) is 0 Å². The normalized spacial score (nSPS) is 10.1. The maximum Gasteiger partial charge on any atom is 0.354 e. The lowest BCUT2D eigenvalue weighted by atomic mass is 10.3. The van der Waals surface area contributed by atoms with E-state index < -0.39 is 5.97 Å². The number of rotatable bonds is 5. The van der Waals surface area contributed by atoms with Crippen LogP contribution in [0.3, 0.4) is 0 Å². The molecule has 1 heterocycles. The molecule has 0 atom stereocenters. The summed E-state index contributed by atoms with van der Waals surface area (Å²) in [6.45, 7) is 2.12. The van der Waals surface area contributed by atoms with Gasteiger partial charge in [-0.2, -0.15) is 0 Å². The Morgan fingerprint density at radius 2 is 2.00 bits per heavy atom. The zero-order chi connectivity index (χ0) is 14.5. The predicted octanol–water partition coefficient (Wildman–Crippen LogP) is 3.11. The van der Waals surface area contributed by atoms with Crippen LogP contribution in [-0.2, 0) is 0 Å². The van der Waals surface area contributed by atoms with Crippen LogP contribution in [0.2, 0.25) is 0 Å². The van der Waals surface area contributed by atoms with Crippen molar-refractivity contribution < 1.29 is 23.8 Å².